The minimum Gasteiger partial charge on any atom is -0.466 e. The summed E-state index contributed by atoms with van der Waals surface area (Å²) in [6, 6.07) is 0. The lowest BCUT2D eigenvalue weighted by molar-refractivity contribution is -0.150. The van der Waals surface area contributed by atoms with Gasteiger partial charge in [0.2, 0.25) is 0 Å². The standard InChI is InChI=1S/C10H18O3/c1-3-13-9(11)8-4-6-10(2,12)7-5-8/h8,12H,3-7H2,1-2H3/t8-,10+. The van der Waals surface area contributed by atoms with Crippen molar-refractivity contribution < 1.29 is 14.6 Å². The van der Waals surface area contributed by atoms with Crippen molar-refractivity contribution in [1.29, 1.82) is 0 Å². The Morgan fingerprint density at radius 3 is 2.54 bits per heavy atom. The van der Waals surface area contributed by atoms with E-state index in [0.717, 1.165) is 12.8 Å². The number of ether oxygens (including phenoxy) is 1. The average Bonchev–Trinajstić information content (AvgIpc) is 2.04. The predicted octanol–water partition coefficient (Wildman–Crippen LogP) is 1.49. The van der Waals surface area contributed by atoms with Crippen LogP contribution in [0.15, 0.2) is 0 Å². The normalized spacial score (nSPS) is 34.2. The van der Waals surface area contributed by atoms with Crippen molar-refractivity contribution in [3.63, 3.8) is 0 Å². The molecule has 0 aromatic heterocycles. The van der Waals surface area contributed by atoms with Gasteiger partial charge >= 0.3 is 5.97 Å². The zero-order valence-corrected chi connectivity index (χ0v) is 8.38. The third-order valence-corrected chi connectivity index (χ3v) is 2.68. The first-order valence-corrected chi connectivity index (χ1v) is 4.94. The highest BCUT2D eigenvalue weighted by atomic mass is 16.5. The fourth-order valence-electron chi connectivity index (χ4n) is 1.74. The van der Waals surface area contributed by atoms with Gasteiger partial charge in [0.25, 0.3) is 0 Å². The molecule has 0 aromatic carbocycles. The van der Waals surface area contributed by atoms with Gasteiger partial charge < -0.3 is 9.84 Å². The quantitative estimate of drug-likeness (QED) is 0.665. The average molecular weight is 186 g/mol. The lowest BCUT2D eigenvalue weighted by atomic mass is 9.80. The Kier molecular flexibility index (Phi) is 3.31. The van der Waals surface area contributed by atoms with Crippen LogP contribution in [-0.4, -0.2) is 23.3 Å². The number of hydrogen-bond donors (Lipinski definition) is 1. The Labute approximate surface area is 79.1 Å². The Balaban J connectivity index is 2.36. The topological polar surface area (TPSA) is 46.5 Å². The Morgan fingerprint density at radius 1 is 1.54 bits per heavy atom. The molecule has 0 amide bonds. The maximum atomic E-state index is 11.3. The zero-order chi connectivity index (χ0) is 9.90. The molecule has 1 aliphatic carbocycles. The number of carbonyl (C=O) groups excluding carboxylic acids is 1. The van der Waals surface area contributed by atoms with Crippen LogP contribution < -0.4 is 0 Å². The molecule has 0 radical (unpaired) electrons. The van der Waals surface area contributed by atoms with Gasteiger partial charge in [-0.05, 0) is 39.5 Å². The van der Waals surface area contributed by atoms with E-state index in [1.54, 1.807) is 0 Å². The van der Waals surface area contributed by atoms with E-state index in [0.29, 0.717) is 19.4 Å². The van der Waals surface area contributed by atoms with Crippen LogP contribution in [0.3, 0.4) is 0 Å². The van der Waals surface area contributed by atoms with E-state index in [2.05, 4.69) is 0 Å². The molecule has 0 spiro atoms. The summed E-state index contributed by atoms with van der Waals surface area (Å²) in [7, 11) is 0. The van der Waals surface area contributed by atoms with E-state index in [9.17, 15) is 9.90 Å². The molecule has 1 rings (SSSR count). The smallest absolute Gasteiger partial charge is 0.308 e. The number of hydrogen-bond acceptors (Lipinski definition) is 3. The van der Waals surface area contributed by atoms with E-state index in [1.165, 1.54) is 0 Å². The second-order valence-electron chi connectivity index (χ2n) is 4.02. The largest absolute Gasteiger partial charge is 0.466 e. The zero-order valence-electron chi connectivity index (χ0n) is 8.38. The Hall–Kier alpha value is -0.570. The number of carbonyl (C=O) groups is 1. The highest BCUT2D eigenvalue weighted by Gasteiger charge is 2.32. The first-order valence-electron chi connectivity index (χ1n) is 4.94. The SMILES string of the molecule is CCOC(=O)[C@H]1CC[C@@](C)(O)CC1. The third kappa shape index (κ3) is 2.99. The summed E-state index contributed by atoms with van der Waals surface area (Å²) in [6.45, 7) is 4.09. The van der Waals surface area contributed by atoms with Crippen molar-refractivity contribution in [3.05, 3.63) is 0 Å². The molecule has 3 nitrogen and oxygen atoms in total. The van der Waals surface area contributed by atoms with Crippen LogP contribution in [0.1, 0.15) is 39.5 Å². The van der Waals surface area contributed by atoms with Crippen molar-refractivity contribution in [2.75, 3.05) is 6.61 Å². The fourth-order valence-corrected chi connectivity index (χ4v) is 1.74. The molecule has 1 N–H and O–H groups in total. The summed E-state index contributed by atoms with van der Waals surface area (Å²) in [5, 5.41) is 9.65. The maximum absolute atomic E-state index is 11.3. The molecule has 0 saturated heterocycles. The predicted molar refractivity (Wildman–Crippen MR) is 49.2 cm³/mol. The summed E-state index contributed by atoms with van der Waals surface area (Å²) >= 11 is 0. The summed E-state index contributed by atoms with van der Waals surface area (Å²) in [6.07, 6.45) is 2.92. The van der Waals surface area contributed by atoms with Crippen LogP contribution in [0.2, 0.25) is 0 Å². The lowest BCUT2D eigenvalue weighted by Gasteiger charge is -2.31. The van der Waals surface area contributed by atoms with E-state index in [1.807, 2.05) is 13.8 Å². The lowest BCUT2D eigenvalue weighted by Crippen LogP contribution is -2.33. The molecule has 0 aromatic rings. The molecule has 0 unspecified atom stereocenters. The van der Waals surface area contributed by atoms with Crippen LogP contribution in [0.4, 0.5) is 0 Å². The molecule has 0 bridgehead atoms. The van der Waals surface area contributed by atoms with Crippen LogP contribution in [0.25, 0.3) is 0 Å². The molecule has 1 aliphatic rings. The van der Waals surface area contributed by atoms with Crippen LogP contribution in [0.5, 0.6) is 0 Å². The van der Waals surface area contributed by atoms with Gasteiger partial charge in [0.05, 0.1) is 18.1 Å². The van der Waals surface area contributed by atoms with Crippen LogP contribution >= 0.6 is 0 Å². The number of esters is 1. The first kappa shape index (κ1) is 10.5. The van der Waals surface area contributed by atoms with Crippen LogP contribution in [-0.2, 0) is 9.53 Å². The Morgan fingerprint density at radius 2 is 2.08 bits per heavy atom. The van der Waals surface area contributed by atoms with Gasteiger partial charge in [0.1, 0.15) is 0 Å². The second-order valence-corrected chi connectivity index (χ2v) is 4.02. The molecule has 0 atom stereocenters. The highest BCUT2D eigenvalue weighted by molar-refractivity contribution is 5.72. The van der Waals surface area contributed by atoms with E-state index >= 15 is 0 Å². The van der Waals surface area contributed by atoms with Gasteiger partial charge in [0, 0.05) is 0 Å². The molecule has 76 valence electrons. The molecule has 0 aliphatic heterocycles. The van der Waals surface area contributed by atoms with Crippen LogP contribution in [0, 0.1) is 5.92 Å². The summed E-state index contributed by atoms with van der Waals surface area (Å²) in [4.78, 5) is 11.3. The van der Waals surface area contributed by atoms with Gasteiger partial charge in [0.15, 0.2) is 0 Å². The van der Waals surface area contributed by atoms with Gasteiger partial charge in [-0.2, -0.15) is 0 Å². The van der Waals surface area contributed by atoms with Gasteiger partial charge in [-0.1, -0.05) is 0 Å². The monoisotopic (exact) mass is 186 g/mol. The minimum absolute atomic E-state index is 0.0141. The van der Waals surface area contributed by atoms with E-state index < -0.39 is 5.60 Å². The van der Waals surface area contributed by atoms with Crippen molar-refractivity contribution in [1.82, 2.24) is 0 Å². The highest BCUT2D eigenvalue weighted by Crippen LogP contribution is 2.32. The number of rotatable bonds is 2. The van der Waals surface area contributed by atoms with E-state index in [4.69, 9.17) is 4.74 Å². The summed E-state index contributed by atoms with van der Waals surface area (Å²) in [5.41, 5.74) is -0.566. The van der Waals surface area contributed by atoms with Crippen molar-refractivity contribution in [2.24, 2.45) is 5.92 Å². The molecule has 1 fully saturated rings. The second kappa shape index (κ2) is 4.09. The molecular weight excluding hydrogens is 168 g/mol. The molecule has 0 heterocycles. The fraction of sp³-hybridized carbons (Fsp3) is 0.900. The maximum Gasteiger partial charge on any atom is 0.308 e. The van der Waals surface area contributed by atoms with Gasteiger partial charge in [-0.15, -0.1) is 0 Å². The van der Waals surface area contributed by atoms with Crippen molar-refractivity contribution in [2.45, 2.75) is 45.1 Å². The Bertz CT molecular complexity index is 177. The third-order valence-electron chi connectivity index (χ3n) is 2.68. The minimum atomic E-state index is -0.566. The van der Waals surface area contributed by atoms with Gasteiger partial charge in [-0.3, -0.25) is 4.79 Å². The summed E-state index contributed by atoms with van der Waals surface area (Å²) < 4.78 is 4.93. The molecular formula is C10H18O3. The van der Waals surface area contributed by atoms with E-state index in [-0.39, 0.29) is 11.9 Å². The summed E-state index contributed by atoms with van der Waals surface area (Å²) in [5.74, 6) is -0.0850. The van der Waals surface area contributed by atoms with Gasteiger partial charge in [-0.25, -0.2) is 0 Å². The first-order chi connectivity index (χ1) is 6.05. The number of aliphatic hydroxyl groups is 1. The van der Waals surface area contributed by atoms with Crippen molar-refractivity contribution >= 4 is 5.97 Å². The molecule has 3 heteroatoms. The molecule has 1 saturated carbocycles. The van der Waals surface area contributed by atoms with Crippen molar-refractivity contribution in [3.8, 4) is 0 Å². The molecule has 13 heavy (non-hydrogen) atoms.